The molecule has 23 heavy (non-hydrogen) atoms. The molecule has 0 aliphatic heterocycles. The first-order valence-corrected chi connectivity index (χ1v) is 8.59. The summed E-state index contributed by atoms with van der Waals surface area (Å²) in [6.07, 6.45) is 4.48. The molecule has 0 saturated heterocycles. The summed E-state index contributed by atoms with van der Waals surface area (Å²) in [6.45, 7) is 2.03. The van der Waals surface area contributed by atoms with Gasteiger partial charge in [-0.3, -0.25) is 4.79 Å². The maximum absolute atomic E-state index is 12.1. The fraction of sp³-hybridized carbons (Fsp3) is 0.353. The van der Waals surface area contributed by atoms with E-state index in [0.717, 1.165) is 23.0 Å². The molecule has 2 N–H and O–H groups in total. The van der Waals surface area contributed by atoms with Crippen molar-refractivity contribution < 1.29 is 4.79 Å². The fourth-order valence-electron chi connectivity index (χ4n) is 2.71. The zero-order valence-corrected chi connectivity index (χ0v) is 14.6. The third-order valence-corrected chi connectivity index (χ3v) is 4.63. The SMILES string of the molecule is Cc1ccc(Nc2ccc(C(=O)NC3CCCC3)nn2)c(Br)c1. The number of nitrogens with one attached hydrogen (secondary N) is 2. The van der Waals surface area contributed by atoms with E-state index >= 15 is 0 Å². The Morgan fingerprint density at radius 3 is 2.61 bits per heavy atom. The van der Waals surface area contributed by atoms with Gasteiger partial charge in [-0.2, -0.15) is 0 Å². The quantitative estimate of drug-likeness (QED) is 0.849. The summed E-state index contributed by atoms with van der Waals surface area (Å²) < 4.78 is 0.961. The van der Waals surface area contributed by atoms with Gasteiger partial charge in [-0.05, 0) is 65.5 Å². The number of halogens is 1. The maximum Gasteiger partial charge on any atom is 0.272 e. The van der Waals surface area contributed by atoms with Gasteiger partial charge in [-0.15, -0.1) is 10.2 Å². The Morgan fingerprint density at radius 1 is 1.17 bits per heavy atom. The van der Waals surface area contributed by atoms with Gasteiger partial charge in [0.25, 0.3) is 5.91 Å². The summed E-state index contributed by atoms with van der Waals surface area (Å²) in [4.78, 5) is 12.1. The Hall–Kier alpha value is -1.95. The van der Waals surface area contributed by atoms with E-state index in [1.54, 1.807) is 12.1 Å². The highest BCUT2D eigenvalue weighted by Gasteiger charge is 2.18. The molecular formula is C17H19BrN4O. The molecule has 5 nitrogen and oxygen atoms in total. The van der Waals surface area contributed by atoms with Crippen LogP contribution in [-0.2, 0) is 0 Å². The van der Waals surface area contributed by atoms with Gasteiger partial charge in [0.2, 0.25) is 0 Å². The van der Waals surface area contributed by atoms with Crippen LogP contribution in [-0.4, -0.2) is 22.1 Å². The van der Waals surface area contributed by atoms with Gasteiger partial charge >= 0.3 is 0 Å². The number of benzene rings is 1. The van der Waals surface area contributed by atoms with Crippen molar-refractivity contribution in [2.24, 2.45) is 0 Å². The second-order valence-electron chi connectivity index (χ2n) is 5.87. The molecule has 3 rings (SSSR count). The van der Waals surface area contributed by atoms with Crippen LogP contribution in [0.2, 0.25) is 0 Å². The lowest BCUT2D eigenvalue weighted by atomic mass is 10.2. The summed E-state index contributed by atoms with van der Waals surface area (Å²) in [6, 6.07) is 9.76. The van der Waals surface area contributed by atoms with Crippen molar-refractivity contribution in [3.63, 3.8) is 0 Å². The molecule has 1 heterocycles. The Kier molecular flexibility index (Phi) is 4.91. The molecule has 0 bridgehead atoms. The van der Waals surface area contributed by atoms with E-state index in [9.17, 15) is 4.79 Å². The van der Waals surface area contributed by atoms with Crippen molar-refractivity contribution in [1.82, 2.24) is 15.5 Å². The summed E-state index contributed by atoms with van der Waals surface area (Å²) >= 11 is 3.52. The molecule has 1 saturated carbocycles. The van der Waals surface area contributed by atoms with Crippen molar-refractivity contribution in [3.8, 4) is 0 Å². The summed E-state index contributed by atoms with van der Waals surface area (Å²) in [5.74, 6) is 0.458. The fourth-order valence-corrected chi connectivity index (χ4v) is 3.30. The van der Waals surface area contributed by atoms with E-state index in [1.165, 1.54) is 18.4 Å². The van der Waals surface area contributed by atoms with Gasteiger partial charge < -0.3 is 10.6 Å². The largest absolute Gasteiger partial charge is 0.348 e. The van der Waals surface area contributed by atoms with E-state index in [0.29, 0.717) is 11.5 Å². The van der Waals surface area contributed by atoms with Crippen LogP contribution in [0, 0.1) is 6.92 Å². The number of anilines is 2. The summed E-state index contributed by atoms with van der Waals surface area (Å²) in [5, 5.41) is 14.3. The zero-order chi connectivity index (χ0) is 16.2. The highest BCUT2D eigenvalue weighted by atomic mass is 79.9. The Balaban J connectivity index is 1.65. The van der Waals surface area contributed by atoms with E-state index in [-0.39, 0.29) is 11.9 Å². The lowest BCUT2D eigenvalue weighted by Crippen LogP contribution is -2.33. The standard InChI is InChI=1S/C17H19BrN4O/c1-11-6-7-14(13(18)10-11)20-16-9-8-15(21-22-16)17(23)19-12-4-2-3-5-12/h6-10,12H,2-5H2,1H3,(H,19,23)(H,20,22). The zero-order valence-electron chi connectivity index (χ0n) is 13.0. The lowest BCUT2D eigenvalue weighted by Gasteiger charge is -2.11. The van der Waals surface area contributed by atoms with Crippen LogP contribution in [0.5, 0.6) is 0 Å². The number of carbonyl (C=O) groups excluding carboxylic acids is 1. The summed E-state index contributed by atoms with van der Waals surface area (Å²) in [5.41, 5.74) is 2.44. The highest BCUT2D eigenvalue weighted by molar-refractivity contribution is 9.10. The smallest absolute Gasteiger partial charge is 0.272 e. The normalized spacial score (nSPS) is 14.7. The molecule has 0 spiro atoms. The van der Waals surface area contributed by atoms with Gasteiger partial charge in [0.1, 0.15) is 0 Å². The third-order valence-electron chi connectivity index (χ3n) is 3.97. The topological polar surface area (TPSA) is 66.9 Å². The maximum atomic E-state index is 12.1. The van der Waals surface area contributed by atoms with Crippen LogP contribution in [0.15, 0.2) is 34.8 Å². The van der Waals surface area contributed by atoms with Gasteiger partial charge in [0.05, 0.1) is 5.69 Å². The second-order valence-corrected chi connectivity index (χ2v) is 6.72. The van der Waals surface area contributed by atoms with E-state index in [2.05, 4.69) is 36.8 Å². The Morgan fingerprint density at radius 2 is 1.96 bits per heavy atom. The number of rotatable bonds is 4. The molecule has 0 radical (unpaired) electrons. The Labute approximate surface area is 144 Å². The van der Waals surface area contributed by atoms with Crippen molar-refractivity contribution in [3.05, 3.63) is 46.1 Å². The van der Waals surface area contributed by atoms with Crippen molar-refractivity contribution in [2.45, 2.75) is 38.6 Å². The van der Waals surface area contributed by atoms with Crippen LogP contribution >= 0.6 is 15.9 Å². The lowest BCUT2D eigenvalue weighted by molar-refractivity contribution is 0.0932. The number of hydrogen-bond acceptors (Lipinski definition) is 4. The predicted octanol–water partition coefficient (Wildman–Crippen LogP) is 3.96. The number of aryl methyl sites for hydroxylation is 1. The third kappa shape index (κ3) is 4.07. The average Bonchev–Trinajstić information content (AvgIpc) is 3.04. The molecule has 1 aromatic heterocycles. The molecular weight excluding hydrogens is 356 g/mol. The van der Waals surface area contributed by atoms with Gasteiger partial charge in [-0.1, -0.05) is 18.9 Å². The first-order valence-electron chi connectivity index (χ1n) is 7.79. The number of amides is 1. The second kappa shape index (κ2) is 7.08. The van der Waals surface area contributed by atoms with E-state index < -0.39 is 0 Å². The van der Waals surface area contributed by atoms with Crippen LogP contribution in [0.4, 0.5) is 11.5 Å². The van der Waals surface area contributed by atoms with Crippen LogP contribution in [0.1, 0.15) is 41.7 Å². The Bertz CT molecular complexity index is 696. The van der Waals surface area contributed by atoms with Gasteiger partial charge in [-0.25, -0.2) is 0 Å². The van der Waals surface area contributed by atoms with E-state index in [4.69, 9.17) is 0 Å². The predicted molar refractivity (Wildman–Crippen MR) is 93.9 cm³/mol. The van der Waals surface area contributed by atoms with Gasteiger partial charge in [0.15, 0.2) is 11.5 Å². The number of nitrogens with zero attached hydrogens (tertiary/aromatic N) is 2. The van der Waals surface area contributed by atoms with E-state index in [1.807, 2.05) is 25.1 Å². The van der Waals surface area contributed by atoms with Crippen molar-refractivity contribution in [2.75, 3.05) is 5.32 Å². The van der Waals surface area contributed by atoms with Crippen LogP contribution in [0.3, 0.4) is 0 Å². The first-order chi connectivity index (χ1) is 11.1. The highest BCUT2D eigenvalue weighted by Crippen LogP contribution is 2.25. The molecule has 1 aliphatic rings. The molecule has 0 unspecified atom stereocenters. The van der Waals surface area contributed by atoms with Crippen LogP contribution in [0.25, 0.3) is 0 Å². The minimum Gasteiger partial charge on any atom is -0.348 e. The minimum atomic E-state index is -0.146. The number of hydrogen-bond donors (Lipinski definition) is 2. The molecule has 1 aliphatic carbocycles. The van der Waals surface area contributed by atoms with Gasteiger partial charge in [0, 0.05) is 10.5 Å². The molecule has 1 fully saturated rings. The number of aromatic nitrogens is 2. The average molecular weight is 375 g/mol. The number of carbonyl (C=O) groups is 1. The molecule has 6 heteroatoms. The first kappa shape index (κ1) is 15.9. The van der Waals surface area contributed by atoms with Crippen molar-refractivity contribution >= 4 is 33.3 Å². The molecule has 120 valence electrons. The minimum absolute atomic E-state index is 0.146. The molecule has 1 amide bonds. The van der Waals surface area contributed by atoms with Crippen molar-refractivity contribution in [1.29, 1.82) is 0 Å². The van der Waals surface area contributed by atoms with Crippen LogP contribution < -0.4 is 10.6 Å². The summed E-state index contributed by atoms with van der Waals surface area (Å²) in [7, 11) is 0. The monoisotopic (exact) mass is 374 g/mol. The molecule has 0 atom stereocenters. The molecule has 2 aromatic rings. The molecule has 1 aromatic carbocycles.